The third kappa shape index (κ3) is 3.57. The molecule has 2 atom stereocenters. The average Bonchev–Trinajstić information content (AvgIpc) is 2.13. The van der Waals surface area contributed by atoms with Crippen LogP contribution >= 0.6 is 0 Å². The molecular weight excluding hydrogens is 148 g/mol. The van der Waals surface area contributed by atoms with Crippen LogP contribution < -0.4 is 0 Å². The van der Waals surface area contributed by atoms with Crippen molar-refractivity contribution in [2.45, 2.75) is 52.9 Å². The van der Waals surface area contributed by atoms with Gasteiger partial charge in [0.15, 0.2) is 0 Å². The molecular formula is C11H24O. The summed E-state index contributed by atoms with van der Waals surface area (Å²) >= 11 is 0. The van der Waals surface area contributed by atoms with Gasteiger partial charge in [0.1, 0.15) is 0 Å². The first-order valence-corrected chi connectivity index (χ1v) is 5.20. The van der Waals surface area contributed by atoms with Crippen LogP contribution in [0.4, 0.5) is 0 Å². The highest BCUT2D eigenvalue weighted by Gasteiger charge is 2.18. The fourth-order valence-corrected chi connectivity index (χ4v) is 2.18. The molecule has 1 fully saturated rings. The predicted molar refractivity (Wildman–Crippen MR) is 54.2 cm³/mol. The van der Waals surface area contributed by atoms with Gasteiger partial charge in [-0.15, -0.1) is 0 Å². The maximum atomic E-state index is 2.41. The van der Waals surface area contributed by atoms with E-state index in [0.29, 0.717) is 0 Å². The van der Waals surface area contributed by atoms with Crippen molar-refractivity contribution >= 4 is 0 Å². The van der Waals surface area contributed by atoms with Gasteiger partial charge in [0.25, 0.3) is 0 Å². The molecule has 1 aliphatic rings. The Morgan fingerprint density at radius 3 is 2.25 bits per heavy atom. The van der Waals surface area contributed by atoms with Gasteiger partial charge < -0.3 is 5.48 Å². The second-order valence-corrected chi connectivity index (χ2v) is 4.62. The summed E-state index contributed by atoms with van der Waals surface area (Å²) in [5.74, 6) is 2.94. The Balaban J connectivity index is 0.00000121. The number of hydrogen-bond acceptors (Lipinski definition) is 0. The van der Waals surface area contributed by atoms with Crippen LogP contribution in [0.15, 0.2) is 0 Å². The van der Waals surface area contributed by atoms with E-state index in [4.69, 9.17) is 0 Å². The summed E-state index contributed by atoms with van der Waals surface area (Å²) in [6.07, 6.45) is 7.40. The summed E-state index contributed by atoms with van der Waals surface area (Å²) in [4.78, 5) is 0. The Labute approximate surface area is 76.9 Å². The molecule has 1 saturated carbocycles. The lowest BCUT2D eigenvalue weighted by molar-refractivity contribution is 0.338. The van der Waals surface area contributed by atoms with Gasteiger partial charge in [-0.25, -0.2) is 0 Å². The predicted octanol–water partition coefficient (Wildman–Crippen LogP) is 3.03. The average molecular weight is 172 g/mol. The molecule has 0 spiro atoms. The highest BCUT2D eigenvalue weighted by Crippen LogP contribution is 2.31. The molecule has 1 nitrogen and oxygen atoms in total. The lowest BCUT2D eigenvalue weighted by atomic mass is 9.89. The van der Waals surface area contributed by atoms with Gasteiger partial charge in [-0.2, -0.15) is 0 Å². The Morgan fingerprint density at radius 1 is 1.00 bits per heavy atom. The number of rotatable bonds is 1. The van der Waals surface area contributed by atoms with Crippen LogP contribution in [0.3, 0.4) is 0 Å². The van der Waals surface area contributed by atoms with E-state index >= 15 is 0 Å². The summed E-state index contributed by atoms with van der Waals surface area (Å²) in [6.45, 7) is 7.16. The summed E-state index contributed by atoms with van der Waals surface area (Å²) in [7, 11) is 0. The second-order valence-electron chi connectivity index (χ2n) is 4.62. The molecule has 0 aromatic carbocycles. The molecule has 0 aliphatic heterocycles. The normalized spacial score (nSPS) is 31.0. The molecule has 1 rings (SSSR count). The van der Waals surface area contributed by atoms with E-state index in [2.05, 4.69) is 20.8 Å². The molecule has 0 amide bonds. The summed E-state index contributed by atoms with van der Waals surface area (Å²) in [5, 5.41) is 0. The van der Waals surface area contributed by atoms with Gasteiger partial charge in [-0.05, 0) is 24.2 Å². The first-order chi connectivity index (χ1) is 5.20. The third-order valence-electron chi connectivity index (χ3n) is 3.24. The molecule has 1 heteroatoms. The van der Waals surface area contributed by atoms with Crippen molar-refractivity contribution in [2.75, 3.05) is 0 Å². The fraction of sp³-hybridized carbons (Fsp3) is 1.00. The van der Waals surface area contributed by atoms with Crippen molar-refractivity contribution in [2.24, 2.45) is 17.8 Å². The Kier molecular flexibility index (Phi) is 5.56. The lowest BCUT2D eigenvalue weighted by Gasteiger charge is -2.17. The van der Waals surface area contributed by atoms with Gasteiger partial charge >= 0.3 is 0 Å². The standard InChI is InChI=1S/C11H22.H2O/c1-9(2)11-6-4-5-10(3)7-8-11;/h9-11H,4-8H2,1-3H3;1H2. The quantitative estimate of drug-likeness (QED) is 0.544. The highest BCUT2D eigenvalue weighted by atomic mass is 16.0. The zero-order chi connectivity index (χ0) is 8.27. The highest BCUT2D eigenvalue weighted by molar-refractivity contribution is 4.70. The molecule has 0 saturated heterocycles. The van der Waals surface area contributed by atoms with Crippen LogP contribution in [0, 0.1) is 17.8 Å². The van der Waals surface area contributed by atoms with Crippen LogP contribution in [0.25, 0.3) is 0 Å². The fourth-order valence-electron chi connectivity index (χ4n) is 2.18. The van der Waals surface area contributed by atoms with Gasteiger partial charge in [-0.1, -0.05) is 46.5 Å². The Morgan fingerprint density at radius 2 is 1.67 bits per heavy atom. The van der Waals surface area contributed by atoms with Crippen molar-refractivity contribution in [1.82, 2.24) is 0 Å². The summed E-state index contributed by atoms with van der Waals surface area (Å²) in [6, 6.07) is 0. The van der Waals surface area contributed by atoms with Crippen LogP contribution in [0.5, 0.6) is 0 Å². The SMILES string of the molecule is CC1CCCC(C(C)C)CC1.O. The minimum absolute atomic E-state index is 0. The van der Waals surface area contributed by atoms with Gasteiger partial charge in [0.2, 0.25) is 0 Å². The van der Waals surface area contributed by atoms with Gasteiger partial charge in [-0.3, -0.25) is 0 Å². The first kappa shape index (κ1) is 12.0. The minimum Gasteiger partial charge on any atom is -0.412 e. The molecule has 1 aliphatic carbocycles. The minimum atomic E-state index is 0. The summed E-state index contributed by atoms with van der Waals surface area (Å²) < 4.78 is 0. The molecule has 12 heavy (non-hydrogen) atoms. The molecule has 74 valence electrons. The van der Waals surface area contributed by atoms with E-state index in [1.165, 1.54) is 32.1 Å². The van der Waals surface area contributed by atoms with Gasteiger partial charge in [0.05, 0.1) is 0 Å². The van der Waals surface area contributed by atoms with E-state index in [0.717, 1.165) is 17.8 Å². The molecule has 0 radical (unpaired) electrons. The number of hydrogen-bond donors (Lipinski definition) is 0. The largest absolute Gasteiger partial charge is 0.412 e. The third-order valence-corrected chi connectivity index (χ3v) is 3.24. The topological polar surface area (TPSA) is 31.5 Å². The first-order valence-electron chi connectivity index (χ1n) is 5.20. The molecule has 0 heterocycles. The van der Waals surface area contributed by atoms with Crippen molar-refractivity contribution in [3.05, 3.63) is 0 Å². The van der Waals surface area contributed by atoms with Crippen LogP contribution in [0.2, 0.25) is 0 Å². The molecule has 2 N–H and O–H groups in total. The second kappa shape index (κ2) is 5.58. The van der Waals surface area contributed by atoms with Crippen molar-refractivity contribution < 1.29 is 5.48 Å². The van der Waals surface area contributed by atoms with E-state index < -0.39 is 0 Å². The summed E-state index contributed by atoms with van der Waals surface area (Å²) in [5.41, 5.74) is 0. The lowest BCUT2D eigenvalue weighted by Crippen LogP contribution is -2.06. The van der Waals surface area contributed by atoms with Gasteiger partial charge in [0, 0.05) is 0 Å². The maximum Gasteiger partial charge on any atom is -0.0391 e. The molecule has 0 bridgehead atoms. The molecule has 2 unspecified atom stereocenters. The van der Waals surface area contributed by atoms with Crippen molar-refractivity contribution in [3.63, 3.8) is 0 Å². The van der Waals surface area contributed by atoms with Crippen LogP contribution in [-0.4, -0.2) is 5.48 Å². The zero-order valence-electron chi connectivity index (χ0n) is 8.77. The van der Waals surface area contributed by atoms with E-state index in [-0.39, 0.29) is 5.48 Å². The smallest absolute Gasteiger partial charge is 0.0391 e. The Hall–Kier alpha value is -0.0400. The van der Waals surface area contributed by atoms with Crippen molar-refractivity contribution in [1.29, 1.82) is 0 Å². The van der Waals surface area contributed by atoms with E-state index in [1.807, 2.05) is 0 Å². The molecule has 0 aromatic heterocycles. The van der Waals surface area contributed by atoms with Crippen molar-refractivity contribution in [3.8, 4) is 0 Å². The van der Waals surface area contributed by atoms with E-state index in [9.17, 15) is 0 Å². The van der Waals surface area contributed by atoms with Crippen LogP contribution in [-0.2, 0) is 0 Å². The monoisotopic (exact) mass is 172 g/mol. The zero-order valence-corrected chi connectivity index (χ0v) is 8.77. The maximum absolute atomic E-state index is 2.41. The Bertz CT molecular complexity index is 110. The van der Waals surface area contributed by atoms with E-state index in [1.54, 1.807) is 0 Å². The molecule has 0 aromatic rings. The van der Waals surface area contributed by atoms with Crippen LogP contribution in [0.1, 0.15) is 52.9 Å².